The lowest BCUT2D eigenvalue weighted by Crippen LogP contribution is -2.02. The molecular weight excluding hydrogens is 270 g/mol. The minimum atomic E-state index is -0.400. The third-order valence-electron chi connectivity index (χ3n) is 2.30. The predicted molar refractivity (Wildman–Crippen MR) is 72.2 cm³/mol. The van der Waals surface area contributed by atoms with Gasteiger partial charge in [0.05, 0.1) is 5.39 Å². The van der Waals surface area contributed by atoms with E-state index in [0.717, 1.165) is 5.52 Å². The van der Waals surface area contributed by atoms with Crippen molar-refractivity contribution in [3.8, 4) is 5.75 Å². The number of ketones is 1. The highest BCUT2D eigenvalue weighted by Crippen LogP contribution is 2.29. The molecule has 0 amide bonds. The van der Waals surface area contributed by atoms with Crippen LogP contribution < -0.4 is 4.74 Å². The average Bonchev–Trinajstić information content (AvgIpc) is 2.74. The summed E-state index contributed by atoms with van der Waals surface area (Å²) >= 11 is 4.32. The van der Waals surface area contributed by atoms with Crippen LogP contribution in [0, 0.1) is 0 Å². The van der Waals surface area contributed by atoms with Crippen LogP contribution in [0.15, 0.2) is 24.4 Å². The first-order valence-corrected chi connectivity index (χ1v) is 5.78. The van der Waals surface area contributed by atoms with Crippen LogP contribution in [0.2, 0.25) is 0 Å². The fourth-order valence-corrected chi connectivity index (χ4v) is 1.67. The number of rotatable bonds is 2. The van der Waals surface area contributed by atoms with E-state index >= 15 is 0 Å². The molecule has 1 heterocycles. The van der Waals surface area contributed by atoms with Gasteiger partial charge in [-0.3, -0.25) is 14.4 Å². The van der Waals surface area contributed by atoms with Crippen LogP contribution in [0.1, 0.15) is 24.2 Å². The number of aromatic nitrogens is 1. The van der Waals surface area contributed by atoms with E-state index in [-0.39, 0.29) is 11.5 Å². The quantitative estimate of drug-likeness (QED) is 0.302. The number of benzene rings is 1. The summed E-state index contributed by atoms with van der Waals surface area (Å²) < 4.78 is 5.07. The lowest BCUT2D eigenvalue weighted by atomic mass is 10.1. The standard InChI is InChI=1S/C12H11NO3.CHClO/c1-7(14)9-6-13-10-4-3-5-11(12(9)10)16-8(2)15;2-1-3/h3-6,13H,1-2H3;1H. The molecule has 0 spiro atoms. The van der Waals surface area contributed by atoms with Crippen molar-refractivity contribution >= 4 is 40.0 Å². The number of H-pyrrole nitrogens is 1. The molecule has 0 atom stereocenters. The van der Waals surface area contributed by atoms with Crippen molar-refractivity contribution < 1.29 is 19.1 Å². The molecule has 1 N–H and O–H groups in total. The lowest BCUT2D eigenvalue weighted by Gasteiger charge is -2.03. The Morgan fingerprint density at radius 3 is 2.47 bits per heavy atom. The molecule has 0 radical (unpaired) electrons. The molecule has 0 unspecified atom stereocenters. The molecule has 2 aromatic rings. The Morgan fingerprint density at radius 2 is 1.95 bits per heavy atom. The zero-order valence-electron chi connectivity index (χ0n) is 10.4. The molecule has 0 bridgehead atoms. The zero-order valence-corrected chi connectivity index (χ0v) is 11.2. The van der Waals surface area contributed by atoms with Crippen LogP contribution >= 0.6 is 11.6 Å². The van der Waals surface area contributed by atoms with E-state index in [2.05, 4.69) is 16.6 Å². The van der Waals surface area contributed by atoms with Gasteiger partial charge < -0.3 is 9.72 Å². The number of carbonyl (C=O) groups is 3. The number of nitrogens with one attached hydrogen (secondary N) is 1. The summed E-state index contributed by atoms with van der Waals surface area (Å²) in [6, 6.07) is 5.26. The van der Waals surface area contributed by atoms with E-state index in [4.69, 9.17) is 9.53 Å². The minimum Gasteiger partial charge on any atom is -0.426 e. The van der Waals surface area contributed by atoms with Crippen molar-refractivity contribution in [3.05, 3.63) is 30.0 Å². The van der Waals surface area contributed by atoms with Crippen molar-refractivity contribution in [2.24, 2.45) is 0 Å². The van der Waals surface area contributed by atoms with E-state index in [1.165, 1.54) is 13.8 Å². The number of ether oxygens (including phenoxy) is 1. The molecule has 100 valence electrons. The Labute approximate surface area is 114 Å². The van der Waals surface area contributed by atoms with Gasteiger partial charge in [-0.2, -0.15) is 0 Å². The molecule has 0 aliphatic rings. The summed E-state index contributed by atoms with van der Waals surface area (Å²) in [7, 11) is 0. The molecule has 0 aliphatic carbocycles. The predicted octanol–water partition coefficient (Wildman–Crippen LogP) is 2.71. The van der Waals surface area contributed by atoms with Gasteiger partial charge in [-0.25, -0.2) is 0 Å². The van der Waals surface area contributed by atoms with E-state index in [0.29, 0.717) is 16.7 Å². The van der Waals surface area contributed by atoms with Gasteiger partial charge in [0.1, 0.15) is 5.75 Å². The number of carbonyl (C=O) groups excluding carboxylic acids is 3. The number of halogens is 1. The van der Waals surface area contributed by atoms with Crippen LogP contribution in [-0.2, 0) is 9.59 Å². The van der Waals surface area contributed by atoms with Crippen molar-refractivity contribution in [1.82, 2.24) is 4.98 Å². The zero-order chi connectivity index (χ0) is 14.4. The minimum absolute atomic E-state index is 0.0640. The molecule has 0 saturated carbocycles. The highest BCUT2D eigenvalue weighted by atomic mass is 35.5. The molecular formula is C13H12ClNO4. The summed E-state index contributed by atoms with van der Waals surface area (Å²) in [6.45, 7) is 2.81. The second-order valence-corrected chi connectivity index (χ2v) is 3.80. The van der Waals surface area contributed by atoms with Crippen LogP contribution in [0.3, 0.4) is 0 Å². The molecule has 19 heavy (non-hydrogen) atoms. The van der Waals surface area contributed by atoms with Gasteiger partial charge in [0, 0.05) is 24.2 Å². The van der Waals surface area contributed by atoms with Crippen molar-refractivity contribution in [1.29, 1.82) is 0 Å². The molecule has 2 rings (SSSR count). The number of fused-ring (bicyclic) bond motifs is 1. The first-order chi connectivity index (χ1) is 9.01. The fourth-order valence-electron chi connectivity index (χ4n) is 1.67. The SMILES string of the molecule is CC(=O)Oc1cccc2[nH]cc(C(C)=O)c12.O=CCl. The van der Waals surface area contributed by atoms with Crippen LogP contribution in [0.4, 0.5) is 0 Å². The number of Topliss-reactive ketones (excluding diaryl/α,β-unsaturated/α-hetero) is 1. The molecule has 6 heteroatoms. The van der Waals surface area contributed by atoms with Gasteiger partial charge in [0.2, 0.25) is 5.75 Å². The molecule has 0 saturated heterocycles. The van der Waals surface area contributed by atoms with Gasteiger partial charge >= 0.3 is 5.97 Å². The van der Waals surface area contributed by atoms with Crippen molar-refractivity contribution in [3.63, 3.8) is 0 Å². The van der Waals surface area contributed by atoms with E-state index < -0.39 is 5.97 Å². The second kappa shape index (κ2) is 6.70. The molecule has 0 aliphatic heterocycles. The maximum atomic E-state index is 11.4. The largest absolute Gasteiger partial charge is 0.426 e. The number of hydrogen-bond donors (Lipinski definition) is 1. The Morgan fingerprint density at radius 1 is 1.32 bits per heavy atom. The fraction of sp³-hybridized carbons (Fsp3) is 0.154. The Balaban J connectivity index is 0.000000550. The maximum Gasteiger partial charge on any atom is 0.308 e. The Kier molecular flexibility index (Phi) is 5.26. The van der Waals surface area contributed by atoms with Crippen molar-refractivity contribution in [2.45, 2.75) is 13.8 Å². The lowest BCUT2D eigenvalue weighted by molar-refractivity contribution is -0.131. The van der Waals surface area contributed by atoms with Gasteiger partial charge in [-0.15, -0.1) is 0 Å². The van der Waals surface area contributed by atoms with Gasteiger partial charge in [0.15, 0.2) is 5.78 Å². The highest BCUT2D eigenvalue weighted by molar-refractivity contribution is 6.54. The van der Waals surface area contributed by atoms with Crippen LogP contribution in [0.5, 0.6) is 5.75 Å². The third-order valence-corrected chi connectivity index (χ3v) is 2.30. The van der Waals surface area contributed by atoms with Gasteiger partial charge in [0.25, 0.3) is 0 Å². The third kappa shape index (κ3) is 3.66. The first kappa shape index (κ1) is 14.9. The molecule has 5 nitrogen and oxygen atoms in total. The summed E-state index contributed by atoms with van der Waals surface area (Å²) in [5, 5.41) is 0.658. The van der Waals surface area contributed by atoms with Crippen LogP contribution in [-0.4, -0.2) is 22.5 Å². The second-order valence-electron chi connectivity index (χ2n) is 3.62. The molecule has 0 fully saturated rings. The number of aromatic amines is 1. The van der Waals surface area contributed by atoms with E-state index in [9.17, 15) is 9.59 Å². The maximum absolute atomic E-state index is 11.4. The molecule has 1 aromatic carbocycles. The number of hydrogen-bond acceptors (Lipinski definition) is 4. The van der Waals surface area contributed by atoms with Crippen molar-refractivity contribution in [2.75, 3.05) is 0 Å². The Hall–Kier alpha value is -2.14. The summed E-state index contributed by atoms with van der Waals surface area (Å²) in [4.78, 5) is 33.9. The summed E-state index contributed by atoms with van der Waals surface area (Å²) in [5.41, 5.74) is 1.32. The van der Waals surface area contributed by atoms with Crippen LogP contribution in [0.25, 0.3) is 10.9 Å². The first-order valence-electron chi connectivity index (χ1n) is 5.34. The summed E-state index contributed by atoms with van der Waals surface area (Å²) in [5.74, 6) is 0.172. The average molecular weight is 282 g/mol. The van der Waals surface area contributed by atoms with Gasteiger partial charge in [-0.1, -0.05) is 6.07 Å². The highest BCUT2D eigenvalue weighted by Gasteiger charge is 2.13. The molecule has 1 aromatic heterocycles. The smallest absolute Gasteiger partial charge is 0.308 e. The van der Waals surface area contributed by atoms with Gasteiger partial charge in [-0.05, 0) is 30.7 Å². The van der Waals surface area contributed by atoms with E-state index in [1.54, 1.807) is 18.3 Å². The normalized spacial score (nSPS) is 9.42. The summed E-state index contributed by atoms with van der Waals surface area (Å²) in [6.07, 6.45) is 1.62. The monoisotopic (exact) mass is 281 g/mol. The topological polar surface area (TPSA) is 76.2 Å². The van der Waals surface area contributed by atoms with E-state index in [1.807, 2.05) is 6.07 Å². The Bertz CT molecular complexity index is 618. The number of esters is 1.